The average Bonchev–Trinajstić information content (AvgIpc) is 2.92. The summed E-state index contributed by atoms with van der Waals surface area (Å²) in [6.45, 7) is 3.16. The molecule has 0 heterocycles. The van der Waals surface area contributed by atoms with Crippen LogP contribution in [0.25, 0.3) is 11.1 Å². The first-order chi connectivity index (χ1) is 10.2. The summed E-state index contributed by atoms with van der Waals surface area (Å²) >= 11 is 6.13. The van der Waals surface area contributed by atoms with Crippen LogP contribution >= 0.6 is 11.6 Å². The zero-order valence-corrected chi connectivity index (χ0v) is 13.2. The van der Waals surface area contributed by atoms with Crippen molar-refractivity contribution >= 4 is 11.6 Å². The molecule has 1 atom stereocenters. The van der Waals surface area contributed by atoms with Gasteiger partial charge in [0.15, 0.2) is 0 Å². The van der Waals surface area contributed by atoms with Crippen LogP contribution in [0.2, 0.25) is 5.02 Å². The molecule has 2 nitrogen and oxygen atoms in total. The predicted molar refractivity (Wildman–Crippen MR) is 88.2 cm³/mol. The van der Waals surface area contributed by atoms with Gasteiger partial charge in [-0.05, 0) is 53.8 Å². The van der Waals surface area contributed by atoms with Gasteiger partial charge in [0.05, 0.1) is 12.1 Å². The zero-order chi connectivity index (χ0) is 14.8. The van der Waals surface area contributed by atoms with Gasteiger partial charge in [0, 0.05) is 6.04 Å². The topological polar surface area (TPSA) is 21.3 Å². The molecular weight excluding hydrogens is 282 g/mol. The maximum absolute atomic E-state index is 6.13. The van der Waals surface area contributed by atoms with Gasteiger partial charge in [0.2, 0.25) is 0 Å². The van der Waals surface area contributed by atoms with Crippen LogP contribution in [-0.2, 0) is 6.42 Å². The number of nitrogens with one attached hydrogen (secondary N) is 1. The Bertz CT molecular complexity index is 654. The van der Waals surface area contributed by atoms with Gasteiger partial charge in [0.25, 0.3) is 0 Å². The summed E-state index contributed by atoms with van der Waals surface area (Å²) in [4.78, 5) is 0. The maximum atomic E-state index is 6.13. The van der Waals surface area contributed by atoms with Crippen LogP contribution in [0.3, 0.4) is 0 Å². The third kappa shape index (κ3) is 2.66. The number of fused-ring (bicyclic) bond motifs is 1. The quantitative estimate of drug-likeness (QED) is 0.890. The van der Waals surface area contributed by atoms with Crippen molar-refractivity contribution in [2.24, 2.45) is 0 Å². The van der Waals surface area contributed by atoms with Gasteiger partial charge < -0.3 is 10.1 Å². The molecule has 3 heteroatoms. The van der Waals surface area contributed by atoms with Crippen molar-refractivity contribution in [3.05, 3.63) is 52.5 Å². The molecule has 0 amide bonds. The van der Waals surface area contributed by atoms with E-state index in [2.05, 4.69) is 36.5 Å². The third-order valence-electron chi connectivity index (χ3n) is 4.18. The zero-order valence-electron chi connectivity index (χ0n) is 12.4. The van der Waals surface area contributed by atoms with Crippen LogP contribution in [0.5, 0.6) is 5.75 Å². The van der Waals surface area contributed by atoms with Crippen molar-refractivity contribution in [3.63, 3.8) is 0 Å². The largest absolute Gasteiger partial charge is 0.495 e. The Hall–Kier alpha value is -1.51. The number of methoxy groups -OCH3 is 1. The van der Waals surface area contributed by atoms with E-state index in [-0.39, 0.29) is 0 Å². The summed E-state index contributed by atoms with van der Waals surface area (Å²) in [6.07, 6.45) is 2.29. The molecular formula is C18H20ClNO. The summed E-state index contributed by atoms with van der Waals surface area (Å²) in [6, 6.07) is 13.1. The highest BCUT2D eigenvalue weighted by Gasteiger charge is 2.24. The molecule has 1 aliphatic carbocycles. The molecule has 0 spiro atoms. The monoisotopic (exact) mass is 301 g/mol. The first-order valence-corrected chi connectivity index (χ1v) is 7.81. The van der Waals surface area contributed by atoms with Crippen LogP contribution in [0.1, 0.15) is 30.5 Å². The fourth-order valence-corrected chi connectivity index (χ4v) is 3.41. The fourth-order valence-electron chi connectivity index (χ4n) is 3.21. The molecule has 0 aromatic heterocycles. The van der Waals surface area contributed by atoms with Crippen LogP contribution in [0, 0.1) is 0 Å². The van der Waals surface area contributed by atoms with E-state index < -0.39 is 0 Å². The van der Waals surface area contributed by atoms with Crippen LogP contribution in [0.4, 0.5) is 0 Å². The highest BCUT2D eigenvalue weighted by molar-refractivity contribution is 6.32. The van der Waals surface area contributed by atoms with Gasteiger partial charge in [-0.25, -0.2) is 0 Å². The second kappa shape index (κ2) is 6.08. The second-order valence-corrected chi connectivity index (χ2v) is 5.78. The van der Waals surface area contributed by atoms with E-state index in [1.807, 2.05) is 12.1 Å². The van der Waals surface area contributed by atoms with E-state index in [1.54, 1.807) is 7.11 Å². The summed E-state index contributed by atoms with van der Waals surface area (Å²) in [5, 5.41) is 4.22. The lowest BCUT2D eigenvalue weighted by atomic mass is 9.96. The van der Waals surface area contributed by atoms with Crippen LogP contribution in [-0.4, -0.2) is 13.7 Å². The smallest absolute Gasteiger partial charge is 0.138 e. The fraction of sp³-hybridized carbons (Fsp3) is 0.333. The molecule has 21 heavy (non-hydrogen) atoms. The number of ether oxygens (including phenoxy) is 1. The molecule has 0 bridgehead atoms. The molecule has 1 aliphatic rings. The molecule has 2 aromatic rings. The Balaban J connectivity index is 2.05. The van der Waals surface area contributed by atoms with E-state index in [0.29, 0.717) is 11.1 Å². The lowest BCUT2D eigenvalue weighted by Gasteiger charge is -2.14. The van der Waals surface area contributed by atoms with Crippen molar-refractivity contribution < 1.29 is 4.74 Å². The van der Waals surface area contributed by atoms with E-state index in [0.717, 1.165) is 18.7 Å². The van der Waals surface area contributed by atoms with Crippen molar-refractivity contribution in [1.82, 2.24) is 5.32 Å². The van der Waals surface area contributed by atoms with E-state index in [4.69, 9.17) is 16.3 Å². The normalized spacial score (nSPS) is 16.8. The lowest BCUT2D eigenvalue weighted by Crippen LogP contribution is -2.18. The Morgan fingerprint density at radius 1 is 1.29 bits per heavy atom. The molecule has 110 valence electrons. The minimum Gasteiger partial charge on any atom is -0.495 e. The number of hydrogen-bond donors (Lipinski definition) is 1. The van der Waals surface area contributed by atoms with E-state index in [1.165, 1.54) is 28.7 Å². The molecule has 2 aromatic carbocycles. The van der Waals surface area contributed by atoms with E-state index >= 15 is 0 Å². The first-order valence-electron chi connectivity index (χ1n) is 7.43. The first kappa shape index (κ1) is 14.4. The van der Waals surface area contributed by atoms with Crippen molar-refractivity contribution in [2.45, 2.75) is 25.8 Å². The molecule has 3 rings (SSSR count). The molecule has 0 radical (unpaired) electrons. The highest BCUT2D eigenvalue weighted by Crippen LogP contribution is 2.39. The Morgan fingerprint density at radius 3 is 2.90 bits per heavy atom. The van der Waals surface area contributed by atoms with Crippen LogP contribution in [0.15, 0.2) is 36.4 Å². The van der Waals surface area contributed by atoms with Gasteiger partial charge in [-0.1, -0.05) is 42.8 Å². The summed E-state index contributed by atoms with van der Waals surface area (Å²) in [5.74, 6) is 0.730. The van der Waals surface area contributed by atoms with Crippen LogP contribution < -0.4 is 10.1 Å². The molecule has 0 fully saturated rings. The summed E-state index contributed by atoms with van der Waals surface area (Å²) < 4.78 is 5.34. The molecule has 0 saturated heterocycles. The van der Waals surface area contributed by atoms with E-state index in [9.17, 15) is 0 Å². The van der Waals surface area contributed by atoms with Crippen molar-refractivity contribution in [2.75, 3.05) is 13.7 Å². The van der Waals surface area contributed by atoms with Gasteiger partial charge in [-0.15, -0.1) is 0 Å². The third-order valence-corrected chi connectivity index (χ3v) is 4.50. The van der Waals surface area contributed by atoms with Crippen molar-refractivity contribution in [1.29, 1.82) is 0 Å². The molecule has 0 saturated carbocycles. The molecule has 0 aliphatic heterocycles. The molecule has 1 unspecified atom stereocenters. The predicted octanol–water partition coefficient (Wildman–Crippen LogP) is 4.61. The summed E-state index contributed by atoms with van der Waals surface area (Å²) in [7, 11) is 1.65. The molecule has 1 N–H and O–H groups in total. The van der Waals surface area contributed by atoms with Gasteiger partial charge in [-0.2, -0.15) is 0 Å². The SMILES string of the molecule is CCNC1CCc2c(-c3ccc(Cl)c(OC)c3)cccc21. The number of benzene rings is 2. The number of halogens is 1. The second-order valence-electron chi connectivity index (χ2n) is 5.37. The minimum atomic E-state index is 0.485. The highest BCUT2D eigenvalue weighted by atomic mass is 35.5. The van der Waals surface area contributed by atoms with Gasteiger partial charge in [-0.3, -0.25) is 0 Å². The maximum Gasteiger partial charge on any atom is 0.138 e. The Morgan fingerprint density at radius 2 is 2.14 bits per heavy atom. The average molecular weight is 302 g/mol. The van der Waals surface area contributed by atoms with Crippen molar-refractivity contribution in [3.8, 4) is 16.9 Å². The standard InChI is InChI=1S/C18H20ClNO/c1-3-20-17-10-8-14-13(5-4-6-15(14)17)12-7-9-16(19)18(11-12)21-2/h4-7,9,11,17,20H,3,8,10H2,1-2H3. The Labute approximate surface area is 131 Å². The summed E-state index contributed by atoms with van der Waals surface area (Å²) in [5.41, 5.74) is 5.35. The Kier molecular flexibility index (Phi) is 4.18. The van der Waals surface area contributed by atoms with Gasteiger partial charge >= 0.3 is 0 Å². The van der Waals surface area contributed by atoms with Gasteiger partial charge in [0.1, 0.15) is 5.75 Å². The lowest BCUT2D eigenvalue weighted by molar-refractivity contribution is 0.415. The number of rotatable bonds is 4. The number of hydrogen-bond acceptors (Lipinski definition) is 2. The minimum absolute atomic E-state index is 0.485.